The number of carbonyl (C=O) groups is 2. The maximum absolute atomic E-state index is 13.8. The number of rotatable bonds is 5. The Kier molecular flexibility index (Phi) is 8.00. The van der Waals surface area contributed by atoms with Crippen molar-refractivity contribution < 1.29 is 19.1 Å². The number of nitrogens with zero attached hydrogens (tertiary/aromatic N) is 4. The van der Waals surface area contributed by atoms with Crippen molar-refractivity contribution in [2.45, 2.75) is 90.3 Å². The van der Waals surface area contributed by atoms with Gasteiger partial charge in [-0.25, -0.2) is 4.79 Å². The third kappa shape index (κ3) is 6.17. The minimum Gasteiger partial charge on any atom is -0.444 e. The molecule has 1 saturated heterocycles. The first kappa shape index (κ1) is 27.6. The molecule has 204 valence electrons. The first-order valence-electron chi connectivity index (χ1n) is 13.6. The molecule has 0 saturated carbocycles. The average Bonchev–Trinajstić information content (AvgIpc) is 3.10. The first-order chi connectivity index (χ1) is 17.4. The Morgan fingerprint density at radius 1 is 1.19 bits per heavy atom. The summed E-state index contributed by atoms with van der Waals surface area (Å²) < 4.78 is 11.1. The van der Waals surface area contributed by atoms with Gasteiger partial charge in [-0.1, -0.05) is 19.9 Å². The SMILES string of the molecule is COC[C@H]1CN(C(=O)OC(C)(C)C)[C@H](C)CN1CC(=O)N1CC(C)(C)c2cnc(C3=CCCCC3)cc21. The summed E-state index contributed by atoms with van der Waals surface area (Å²) in [5.74, 6) is 0.0700. The van der Waals surface area contributed by atoms with Gasteiger partial charge in [0.2, 0.25) is 5.91 Å². The van der Waals surface area contributed by atoms with Crippen molar-refractivity contribution >= 4 is 23.3 Å². The average molecular weight is 513 g/mol. The van der Waals surface area contributed by atoms with Gasteiger partial charge in [-0.15, -0.1) is 0 Å². The van der Waals surface area contributed by atoms with Crippen molar-refractivity contribution in [1.82, 2.24) is 14.8 Å². The molecule has 3 aliphatic rings. The molecule has 0 N–H and O–H groups in total. The number of ether oxygens (including phenoxy) is 2. The molecule has 0 aromatic carbocycles. The molecule has 0 radical (unpaired) electrons. The van der Waals surface area contributed by atoms with Crippen molar-refractivity contribution in [1.29, 1.82) is 0 Å². The van der Waals surface area contributed by atoms with E-state index in [9.17, 15) is 9.59 Å². The predicted molar refractivity (Wildman–Crippen MR) is 146 cm³/mol. The number of amides is 2. The Balaban J connectivity index is 1.52. The highest BCUT2D eigenvalue weighted by Crippen LogP contribution is 2.42. The van der Waals surface area contributed by atoms with Crippen molar-refractivity contribution in [3.8, 4) is 0 Å². The van der Waals surface area contributed by atoms with E-state index < -0.39 is 5.60 Å². The topological polar surface area (TPSA) is 75.2 Å². The number of fused-ring (bicyclic) bond motifs is 1. The van der Waals surface area contributed by atoms with E-state index in [0.717, 1.165) is 29.8 Å². The van der Waals surface area contributed by atoms with E-state index in [1.807, 2.05) is 38.8 Å². The van der Waals surface area contributed by atoms with Gasteiger partial charge in [-0.3, -0.25) is 14.7 Å². The summed E-state index contributed by atoms with van der Waals surface area (Å²) in [5.41, 5.74) is 3.67. The lowest BCUT2D eigenvalue weighted by Gasteiger charge is -2.45. The molecule has 4 rings (SSSR count). The second kappa shape index (κ2) is 10.7. The minimum atomic E-state index is -0.558. The van der Waals surface area contributed by atoms with Crippen LogP contribution in [0.3, 0.4) is 0 Å². The fraction of sp³-hybridized carbons (Fsp3) is 0.690. The van der Waals surface area contributed by atoms with E-state index in [2.05, 4.69) is 30.9 Å². The van der Waals surface area contributed by atoms with Crippen molar-refractivity contribution in [2.75, 3.05) is 44.8 Å². The second-order valence-corrected chi connectivity index (χ2v) is 12.4. The highest BCUT2D eigenvalue weighted by Gasteiger charge is 2.41. The van der Waals surface area contributed by atoms with Gasteiger partial charge in [0.15, 0.2) is 0 Å². The summed E-state index contributed by atoms with van der Waals surface area (Å²) in [6.45, 7) is 14.4. The van der Waals surface area contributed by atoms with Gasteiger partial charge in [0.1, 0.15) is 5.60 Å². The van der Waals surface area contributed by atoms with Gasteiger partial charge >= 0.3 is 6.09 Å². The van der Waals surface area contributed by atoms with Gasteiger partial charge in [0.05, 0.1) is 30.6 Å². The molecule has 0 spiro atoms. The van der Waals surface area contributed by atoms with E-state index in [1.54, 1.807) is 12.0 Å². The molecule has 8 heteroatoms. The van der Waals surface area contributed by atoms with Gasteiger partial charge < -0.3 is 19.3 Å². The highest BCUT2D eigenvalue weighted by molar-refractivity contribution is 5.98. The van der Waals surface area contributed by atoms with Crippen LogP contribution < -0.4 is 4.90 Å². The lowest BCUT2D eigenvalue weighted by molar-refractivity contribution is -0.121. The zero-order valence-electron chi connectivity index (χ0n) is 23.7. The third-order valence-electron chi connectivity index (χ3n) is 7.66. The zero-order valence-corrected chi connectivity index (χ0v) is 23.7. The first-order valence-corrected chi connectivity index (χ1v) is 13.6. The molecular formula is C29H44N4O4. The van der Waals surface area contributed by atoms with Crippen LogP contribution in [-0.2, 0) is 19.7 Å². The van der Waals surface area contributed by atoms with E-state index in [0.29, 0.717) is 26.2 Å². The molecule has 0 bridgehead atoms. The number of pyridine rings is 1. The van der Waals surface area contributed by atoms with Crippen LogP contribution in [0, 0.1) is 0 Å². The number of piperazine rings is 1. The van der Waals surface area contributed by atoms with Crippen molar-refractivity contribution in [2.24, 2.45) is 0 Å². The summed E-state index contributed by atoms with van der Waals surface area (Å²) in [7, 11) is 1.66. The predicted octanol–water partition coefficient (Wildman–Crippen LogP) is 4.62. The Morgan fingerprint density at radius 2 is 1.95 bits per heavy atom. The Bertz CT molecular complexity index is 1040. The standard InChI is InChI=1S/C29H44N4O4/c1-20-15-31(22(18-36-7)16-32(20)27(35)37-28(2,3)4)17-26(34)33-19-29(5,6)23-14-30-24(13-25(23)33)21-11-9-8-10-12-21/h11,13-14,20,22H,8-10,12,15-19H2,1-7H3/t20-,22-/m1/s1. The summed E-state index contributed by atoms with van der Waals surface area (Å²) in [5, 5.41) is 0. The molecule has 8 nitrogen and oxygen atoms in total. The van der Waals surface area contributed by atoms with Crippen molar-refractivity contribution in [3.05, 3.63) is 29.6 Å². The number of aromatic nitrogens is 1. The normalized spacial score (nSPS) is 24.0. The number of allylic oxidation sites excluding steroid dienone is 2. The number of anilines is 1. The smallest absolute Gasteiger partial charge is 0.410 e. The number of hydrogen-bond acceptors (Lipinski definition) is 6. The number of methoxy groups -OCH3 is 1. The maximum Gasteiger partial charge on any atom is 0.410 e. The Morgan fingerprint density at radius 3 is 2.59 bits per heavy atom. The van der Waals surface area contributed by atoms with Crippen LogP contribution in [0.25, 0.3) is 5.57 Å². The molecule has 1 aromatic heterocycles. The Hall–Kier alpha value is -2.45. The van der Waals surface area contributed by atoms with E-state index in [-0.39, 0.29) is 36.0 Å². The minimum absolute atomic E-state index is 0.0700. The largest absolute Gasteiger partial charge is 0.444 e. The quantitative estimate of drug-likeness (QED) is 0.573. The molecular weight excluding hydrogens is 468 g/mol. The van der Waals surface area contributed by atoms with Crippen LogP contribution in [0.2, 0.25) is 0 Å². The summed E-state index contributed by atoms with van der Waals surface area (Å²) in [6.07, 6.45) is 8.51. The van der Waals surface area contributed by atoms with Crippen LogP contribution in [0.15, 0.2) is 18.3 Å². The van der Waals surface area contributed by atoms with Crippen LogP contribution in [0.4, 0.5) is 10.5 Å². The lowest BCUT2D eigenvalue weighted by atomic mass is 9.87. The molecule has 2 atom stereocenters. The molecule has 0 unspecified atom stereocenters. The van der Waals surface area contributed by atoms with E-state index >= 15 is 0 Å². The number of hydrogen-bond donors (Lipinski definition) is 0. The highest BCUT2D eigenvalue weighted by atomic mass is 16.6. The third-order valence-corrected chi connectivity index (χ3v) is 7.66. The van der Waals surface area contributed by atoms with Gasteiger partial charge in [-0.05, 0) is 65.0 Å². The fourth-order valence-electron chi connectivity index (χ4n) is 5.71. The molecule has 1 aliphatic carbocycles. The van der Waals surface area contributed by atoms with Crippen LogP contribution >= 0.6 is 0 Å². The summed E-state index contributed by atoms with van der Waals surface area (Å²) in [6, 6.07) is 1.95. The number of carbonyl (C=O) groups excluding carboxylic acids is 2. The molecule has 1 aromatic rings. The zero-order chi connectivity index (χ0) is 27.0. The summed E-state index contributed by atoms with van der Waals surface area (Å²) in [4.78, 5) is 37.3. The molecule has 2 amide bonds. The van der Waals surface area contributed by atoms with Gasteiger partial charge in [0, 0.05) is 50.0 Å². The van der Waals surface area contributed by atoms with Crippen LogP contribution in [-0.4, -0.2) is 84.4 Å². The van der Waals surface area contributed by atoms with Crippen LogP contribution in [0.1, 0.15) is 78.5 Å². The maximum atomic E-state index is 13.8. The molecule has 3 heterocycles. The Labute approximate surface area is 222 Å². The molecule has 1 fully saturated rings. The van der Waals surface area contributed by atoms with E-state index in [4.69, 9.17) is 14.5 Å². The monoisotopic (exact) mass is 512 g/mol. The molecule has 37 heavy (non-hydrogen) atoms. The fourth-order valence-corrected chi connectivity index (χ4v) is 5.71. The second-order valence-electron chi connectivity index (χ2n) is 12.4. The van der Waals surface area contributed by atoms with E-state index in [1.165, 1.54) is 18.4 Å². The van der Waals surface area contributed by atoms with Gasteiger partial charge in [0.25, 0.3) is 0 Å². The summed E-state index contributed by atoms with van der Waals surface area (Å²) >= 11 is 0. The van der Waals surface area contributed by atoms with Crippen molar-refractivity contribution in [3.63, 3.8) is 0 Å². The van der Waals surface area contributed by atoms with Gasteiger partial charge in [-0.2, -0.15) is 0 Å². The molecule has 2 aliphatic heterocycles. The lowest BCUT2D eigenvalue weighted by Crippen LogP contribution is -2.62. The van der Waals surface area contributed by atoms with Crippen LogP contribution in [0.5, 0.6) is 0 Å².